The lowest BCUT2D eigenvalue weighted by Gasteiger charge is -2.09. The third kappa shape index (κ3) is 4.37. The van der Waals surface area contributed by atoms with Crippen molar-refractivity contribution in [1.82, 2.24) is 10.0 Å². The van der Waals surface area contributed by atoms with E-state index in [1.807, 2.05) is 31.2 Å². The van der Waals surface area contributed by atoms with Gasteiger partial charge < -0.3 is 5.21 Å². The summed E-state index contributed by atoms with van der Waals surface area (Å²) in [5.41, 5.74) is 2.34. The number of nitrogens with one attached hydrogen (secondary N) is 1. The Morgan fingerprint density at radius 3 is 2.28 bits per heavy atom. The van der Waals surface area contributed by atoms with Gasteiger partial charge in [-0.3, -0.25) is 10.1 Å². The van der Waals surface area contributed by atoms with E-state index >= 15 is 0 Å². The van der Waals surface area contributed by atoms with Gasteiger partial charge >= 0.3 is 6.03 Å². The summed E-state index contributed by atoms with van der Waals surface area (Å²) in [5.74, 6) is -3.48. The molecule has 0 saturated carbocycles. The Labute approximate surface area is 164 Å². The van der Waals surface area contributed by atoms with E-state index in [0.29, 0.717) is 4.73 Å². The topological polar surface area (TPSA) is 83.7 Å². The Bertz CT molecular complexity index is 1150. The Hall–Kier alpha value is -3.81. The van der Waals surface area contributed by atoms with Crippen LogP contribution in [0.1, 0.15) is 21.5 Å². The summed E-state index contributed by atoms with van der Waals surface area (Å²) < 4.78 is 27.9. The standard InChI is InChI=1S/C21H17F2N3O3/c1-12-6-8-14(9-7-12)15-11-26(29)18(10-13(15)2)24-21(28)25-20(27)19-16(22)4-3-5-17(19)23/h3-11,29H,1-2H3,(H,25,27,28). The molecule has 0 bridgehead atoms. The van der Waals surface area contributed by atoms with Crippen molar-refractivity contribution >= 4 is 11.9 Å². The maximum Gasteiger partial charge on any atom is 0.349 e. The number of aryl methyl sites for hydroxylation is 2. The van der Waals surface area contributed by atoms with E-state index in [0.717, 1.165) is 40.5 Å². The fourth-order valence-electron chi connectivity index (χ4n) is 2.75. The zero-order valence-corrected chi connectivity index (χ0v) is 15.6. The minimum atomic E-state index is -1.27. The third-order valence-electron chi connectivity index (χ3n) is 4.25. The highest BCUT2D eigenvalue weighted by Gasteiger charge is 2.19. The maximum absolute atomic E-state index is 13.6. The van der Waals surface area contributed by atoms with Crippen LogP contribution in [0.15, 0.2) is 59.7 Å². The number of halogens is 2. The van der Waals surface area contributed by atoms with Crippen LogP contribution in [-0.4, -0.2) is 21.9 Å². The van der Waals surface area contributed by atoms with Gasteiger partial charge in [0.1, 0.15) is 17.2 Å². The number of aromatic nitrogens is 1. The Morgan fingerprint density at radius 1 is 1.03 bits per heavy atom. The first-order chi connectivity index (χ1) is 13.8. The van der Waals surface area contributed by atoms with Gasteiger partial charge in [-0.2, -0.15) is 9.72 Å². The van der Waals surface area contributed by atoms with Crippen LogP contribution >= 0.6 is 0 Å². The van der Waals surface area contributed by atoms with E-state index < -0.39 is 29.1 Å². The lowest BCUT2D eigenvalue weighted by molar-refractivity contribution is 0.0957. The summed E-state index contributed by atoms with van der Waals surface area (Å²) in [6, 6.07) is 10.8. The molecule has 0 aliphatic heterocycles. The van der Waals surface area contributed by atoms with E-state index in [1.54, 1.807) is 12.2 Å². The number of hydrogen-bond acceptors (Lipinski definition) is 3. The van der Waals surface area contributed by atoms with Crippen LogP contribution in [0.4, 0.5) is 13.6 Å². The van der Waals surface area contributed by atoms with E-state index in [-0.39, 0.29) is 5.49 Å². The molecule has 148 valence electrons. The molecule has 2 aromatic carbocycles. The van der Waals surface area contributed by atoms with Crippen molar-refractivity contribution in [2.75, 3.05) is 0 Å². The van der Waals surface area contributed by atoms with Crippen LogP contribution < -0.4 is 10.8 Å². The highest BCUT2D eigenvalue weighted by Crippen LogP contribution is 2.22. The van der Waals surface area contributed by atoms with Crippen molar-refractivity contribution < 1.29 is 23.6 Å². The minimum Gasteiger partial charge on any atom is -0.427 e. The van der Waals surface area contributed by atoms with Gasteiger partial charge in [0.2, 0.25) is 0 Å². The molecule has 1 aromatic heterocycles. The smallest absolute Gasteiger partial charge is 0.349 e. The number of carbonyl (C=O) groups excluding carboxylic acids is 2. The van der Waals surface area contributed by atoms with Crippen LogP contribution in [0.25, 0.3) is 11.1 Å². The molecule has 0 unspecified atom stereocenters. The number of amides is 3. The quantitative estimate of drug-likeness (QED) is 0.646. The molecule has 0 fully saturated rings. The van der Waals surface area contributed by atoms with Crippen LogP contribution in [0.3, 0.4) is 0 Å². The molecule has 6 nitrogen and oxygen atoms in total. The monoisotopic (exact) mass is 397 g/mol. The van der Waals surface area contributed by atoms with E-state index in [1.165, 1.54) is 12.3 Å². The average molecular weight is 397 g/mol. The van der Waals surface area contributed by atoms with Crippen molar-refractivity contribution in [3.8, 4) is 11.1 Å². The van der Waals surface area contributed by atoms with Gasteiger partial charge in [-0.05, 0) is 43.2 Å². The predicted octanol–water partition coefficient (Wildman–Crippen LogP) is 3.74. The lowest BCUT2D eigenvalue weighted by atomic mass is 10.0. The Morgan fingerprint density at radius 2 is 1.66 bits per heavy atom. The molecule has 1 heterocycles. The second kappa shape index (κ2) is 8.05. The number of rotatable bonds is 2. The number of hydrogen-bond donors (Lipinski definition) is 2. The van der Waals surface area contributed by atoms with Crippen molar-refractivity contribution in [3.63, 3.8) is 0 Å². The van der Waals surface area contributed by atoms with Crippen LogP contribution in [0.2, 0.25) is 0 Å². The van der Waals surface area contributed by atoms with Crippen molar-refractivity contribution in [1.29, 1.82) is 0 Å². The Balaban J connectivity index is 1.88. The highest BCUT2D eigenvalue weighted by atomic mass is 19.1. The maximum atomic E-state index is 13.6. The SMILES string of the molecule is Cc1ccc(-c2cn(O)c(=NC(=O)NC(=O)c3c(F)cccc3F)cc2C)cc1. The predicted molar refractivity (Wildman–Crippen MR) is 101 cm³/mol. The van der Waals surface area contributed by atoms with Crippen molar-refractivity contribution in [2.45, 2.75) is 13.8 Å². The van der Waals surface area contributed by atoms with E-state index in [9.17, 15) is 23.6 Å². The zero-order valence-electron chi connectivity index (χ0n) is 15.6. The second-order valence-electron chi connectivity index (χ2n) is 6.41. The summed E-state index contributed by atoms with van der Waals surface area (Å²) in [4.78, 5) is 27.6. The van der Waals surface area contributed by atoms with Gasteiger partial charge in [0.05, 0.1) is 6.20 Å². The largest absolute Gasteiger partial charge is 0.427 e. The molecule has 3 aromatic rings. The lowest BCUT2D eigenvalue weighted by Crippen LogP contribution is -2.32. The highest BCUT2D eigenvalue weighted by molar-refractivity contribution is 6.04. The number of benzene rings is 2. The second-order valence-corrected chi connectivity index (χ2v) is 6.41. The molecule has 29 heavy (non-hydrogen) atoms. The van der Waals surface area contributed by atoms with Crippen LogP contribution in [-0.2, 0) is 0 Å². The number of carbonyl (C=O) groups is 2. The number of imide groups is 1. The number of urea groups is 1. The van der Waals surface area contributed by atoms with Gasteiger partial charge in [0.15, 0.2) is 5.49 Å². The van der Waals surface area contributed by atoms with Crippen molar-refractivity contribution in [2.24, 2.45) is 4.99 Å². The molecule has 8 heteroatoms. The molecule has 0 aliphatic carbocycles. The minimum absolute atomic E-state index is 0.155. The summed E-state index contributed by atoms with van der Waals surface area (Å²) in [5, 5.41) is 11.9. The first-order valence-electron chi connectivity index (χ1n) is 8.60. The van der Waals surface area contributed by atoms with E-state index in [4.69, 9.17) is 0 Å². The molecule has 2 N–H and O–H groups in total. The Kier molecular flexibility index (Phi) is 5.54. The van der Waals surface area contributed by atoms with E-state index in [2.05, 4.69) is 4.99 Å². The zero-order chi connectivity index (χ0) is 21.1. The molecular formula is C21H17F2N3O3. The molecule has 0 aliphatic rings. The molecule has 0 atom stereocenters. The van der Waals surface area contributed by atoms with Crippen molar-refractivity contribution in [3.05, 3.63) is 88.5 Å². The van der Waals surface area contributed by atoms with Gasteiger partial charge in [0.25, 0.3) is 5.91 Å². The van der Waals surface area contributed by atoms with Crippen LogP contribution in [0, 0.1) is 25.5 Å². The summed E-state index contributed by atoms with van der Waals surface area (Å²) in [7, 11) is 0. The first-order valence-corrected chi connectivity index (χ1v) is 8.60. The molecule has 0 spiro atoms. The molecule has 0 radical (unpaired) electrons. The van der Waals surface area contributed by atoms with Gasteiger partial charge in [-0.25, -0.2) is 13.6 Å². The molecule has 0 saturated heterocycles. The summed E-state index contributed by atoms with van der Waals surface area (Å²) in [6.45, 7) is 3.73. The normalized spacial score (nSPS) is 11.4. The summed E-state index contributed by atoms with van der Waals surface area (Å²) in [6.07, 6.45) is 1.38. The molecule has 3 rings (SSSR count). The molecular weight excluding hydrogens is 380 g/mol. The first kappa shape index (κ1) is 19.9. The number of nitrogens with zero attached hydrogens (tertiary/aromatic N) is 2. The third-order valence-corrected chi connectivity index (χ3v) is 4.25. The fraction of sp³-hybridized carbons (Fsp3) is 0.0952. The summed E-state index contributed by atoms with van der Waals surface area (Å²) >= 11 is 0. The van der Waals surface area contributed by atoms with Crippen LogP contribution in [0.5, 0.6) is 0 Å². The van der Waals surface area contributed by atoms with Gasteiger partial charge in [-0.1, -0.05) is 35.9 Å². The number of pyridine rings is 1. The van der Waals surface area contributed by atoms with Gasteiger partial charge in [0, 0.05) is 5.56 Å². The van der Waals surface area contributed by atoms with Gasteiger partial charge in [-0.15, -0.1) is 0 Å². The fourth-order valence-corrected chi connectivity index (χ4v) is 2.75. The average Bonchev–Trinajstić information content (AvgIpc) is 2.65. The molecule has 3 amide bonds.